The molecule has 1 heterocycles. The summed E-state index contributed by atoms with van der Waals surface area (Å²) in [5.41, 5.74) is 11.6. The first-order valence-corrected chi connectivity index (χ1v) is 5.62. The Morgan fingerprint density at radius 2 is 2.30 bits per heavy atom. The zero-order valence-electron chi connectivity index (χ0n) is 10.6. The minimum absolute atomic E-state index is 0.120. The lowest BCUT2D eigenvalue weighted by molar-refractivity contribution is -0.109. The maximum Gasteiger partial charge on any atom is 0.269 e. The van der Waals surface area contributed by atoms with Crippen LogP contribution in [0.15, 0.2) is 46.6 Å². The van der Waals surface area contributed by atoms with E-state index in [1.54, 1.807) is 25.3 Å². The lowest BCUT2D eigenvalue weighted by atomic mass is 10.3. The van der Waals surface area contributed by atoms with Crippen LogP contribution >= 0.6 is 0 Å². The van der Waals surface area contributed by atoms with Gasteiger partial charge in [0.15, 0.2) is 0 Å². The third-order valence-corrected chi connectivity index (χ3v) is 2.40. The highest BCUT2D eigenvalue weighted by molar-refractivity contribution is 6.32. The number of carbonyl (C=O) groups is 2. The van der Waals surface area contributed by atoms with Gasteiger partial charge in [-0.2, -0.15) is 5.10 Å². The molecule has 0 fully saturated rings. The highest BCUT2D eigenvalue weighted by Crippen LogP contribution is 2.12. The molecule has 20 heavy (non-hydrogen) atoms. The molecule has 100 valence electrons. The van der Waals surface area contributed by atoms with Crippen LogP contribution in [-0.4, -0.2) is 27.8 Å². The van der Waals surface area contributed by atoms with E-state index in [9.17, 15) is 9.59 Å². The summed E-state index contributed by atoms with van der Waals surface area (Å²) >= 11 is 0. The number of nitrogens with zero attached hydrogens (tertiary/aromatic N) is 3. The van der Waals surface area contributed by atoms with Gasteiger partial charge in [0.1, 0.15) is 5.69 Å². The van der Waals surface area contributed by atoms with E-state index in [0.717, 1.165) is 6.21 Å². The zero-order chi connectivity index (χ0) is 14.5. The SMILES string of the molecule is Cn1ncc(NC(=O)C=NC2=CC=C=C=C2)c1C(N)=O. The number of nitrogens with two attached hydrogens (primary N) is 1. The first kappa shape index (κ1) is 13.3. The van der Waals surface area contributed by atoms with E-state index in [1.165, 1.54) is 10.9 Å². The molecule has 0 saturated carbocycles. The highest BCUT2D eigenvalue weighted by atomic mass is 16.2. The first-order chi connectivity index (χ1) is 9.58. The standard InChI is InChI=1S/C13H11N5O2/c1-18-12(13(14)20)10(7-16-18)17-11(19)8-15-9-5-3-2-4-6-9/h3,5-8H,1H3,(H2,14,20)(H,17,19). The maximum atomic E-state index is 11.7. The molecule has 1 aromatic heterocycles. The van der Waals surface area contributed by atoms with Crippen LogP contribution in [0.3, 0.4) is 0 Å². The van der Waals surface area contributed by atoms with Crippen LogP contribution in [0.2, 0.25) is 0 Å². The van der Waals surface area contributed by atoms with Crippen LogP contribution in [0, 0.1) is 0 Å². The number of allylic oxidation sites excluding steroid dienone is 3. The van der Waals surface area contributed by atoms with E-state index < -0.39 is 11.8 Å². The molecule has 2 rings (SSSR count). The molecule has 2 amide bonds. The zero-order valence-corrected chi connectivity index (χ0v) is 10.6. The summed E-state index contributed by atoms with van der Waals surface area (Å²) in [4.78, 5) is 26.9. The third-order valence-electron chi connectivity index (χ3n) is 2.40. The van der Waals surface area contributed by atoms with Gasteiger partial charge in [0, 0.05) is 13.1 Å². The molecule has 0 aliphatic heterocycles. The van der Waals surface area contributed by atoms with E-state index in [1.807, 2.05) is 0 Å². The fourth-order valence-corrected chi connectivity index (χ4v) is 1.54. The van der Waals surface area contributed by atoms with E-state index >= 15 is 0 Å². The molecule has 3 N–H and O–H groups in total. The molecule has 0 aromatic carbocycles. The van der Waals surface area contributed by atoms with Crippen molar-refractivity contribution in [3.63, 3.8) is 0 Å². The molecular weight excluding hydrogens is 258 g/mol. The van der Waals surface area contributed by atoms with Crippen molar-refractivity contribution in [2.24, 2.45) is 17.8 Å². The quantitative estimate of drug-likeness (QED) is 0.606. The molecule has 1 aliphatic carbocycles. The summed E-state index contributed by atoms with van der Waals surface area (Å²) in [6.07, 6.45) is 7.34. The van der Waals surface area contributed by atoms with Gasteiger partial charge in [0.05, 0.1) is 23.8 Å². The predicted molar refractivity (Wildman–Crippen MR) is 73.1 cm³/mol. The topological polar surface area (TPSA) is 102 Å². The monoisotopic (exact) mass is 269 g/mol. The van der Waals surface area contributed by atoms with Crippen molar-refractivity contribution in [3.05, 3.63) is 47.3 Å². The lowest BCUT2D eigenvalue weighted by Crippen LogP contribution is -2.20. The van der Waals surface area contributed by atoms with Crippen molar-refractivity contribution >= 4 is 23.7 Å². The van der Waals surface area contributed by atoms with Crippen LogP contribution < -0.4 is 11.1 Å². The molecule has 7 nitrogen and oxygen atoms in total. The summed E-state index contributed by atoms with van der Waals surface area (Å²) in [6, 6.07) is 0. The van der Waals surface area contributed by atoms with E-state index in [-0.39, 0.29) is 11.4 Å². The molecular formula is C13H11N5O2. The second-order valence-electron chi connectivity index (χ2n) is 3.83. The van der Waals surface area contributed by atoms with Gasteiger partial charge >= 0.3 is 0 Å². The van der Waals surface area contributed by atoms with Gasteiger partial charge in [-0.3, -0.25) is 19.3 Å². The van der Waals surface area contributed by atoms with Crippen LogP contribution in [-0.2, 0) is 11.8 Å². The van der Waals surface area contributed by atoms with Gasteiger partial charge in [-0.25, -0.2) is 0 Å². The molecule has 1 aliphatic rings. The second-order valence-corrected chi connectivity index (χ2v) is 3.83. The van der Waals surface area contributed by atoms with Crippen LogP contribution in [0.5, 0.6) is 0 Å². The molecule has 0 spiro atoms. The number of rotatable bonds is 4. The third kappa shape index (κ3) is 3.00. The first-order valence-electron chi connectivity index (χ1n) is 5.62. The Hall–Kier alpha value is -3.14. The normalized spacial score (nSPS) is 12.8. The number of aromatic nitrogens is 2. The van der Waals surface area contributed by atoms with Crippen molar-refractivity contribution in [3.8, 4) is 0 Å². The molecule has 0 bridgehead atoms. The Bertz CT molecular complexity index is 726. The Balaban J connectivity index is 2.07. The fourth-order valence-electron chi connectivity index (χ4n) is 1.54. The molecule has 0 radical (unpaired) electrons. The summed E-state index contributed by atoms with van der Waals surface area (Å²) in [5.74, 6) is -1.17. The minimum atomic E-state index is -0.676. The number of aryl methyl sites for hydroxylation is 1. The average Bonchev–Trinajstić information content (AvgIpc) is 2.78. The summed E-state index contributed by atoms with van der Waals surface area (Å²) < 4.78 is 1.29. The van der Waals surface area contributed by atoms with Crippen molar-refractivity contribution in [2.75, 3.05) is 5.32 Å². The van der Waals surface area contributed by atoms with E-state index in [4.69, 9.17) is 5.73 Å². The van der Waals surface area contributed by atoms with Crippen LogP contribution in [0.4, 0.5) is 5.69 Å². The largest absolute Gasteiger partial charge is 0.364 e. The van der Waals surface area contributed by atoms with Gasteiger partial charge in [0.2, 0.25) is 0 Å². The van der Waals surface area contributed by atoms with Gasteiger partial charge < -0.3 is 11.1 Å². The number of anilines is 1. The number of aliphatic imine (C=N–C) groups is 1. The Morgan fingerprint density at radius 1 is 1.50 bits per heavy atom. The molecule has 7 heteroatoms. The highest BCUT2D eigenvalue weighted by Gasteiger charge is 2.15. The van der Waals surface area contributed by atoms with Crippen molar-refractivity contribution in [1.82, 2.24) is 9.78 Å². The van der Waals surface area contributed by atoms with Gasteiger partial charge in [-0.1, -0.05) is 11.5 Å². The Kier molecular flexibility index (Phi) is 3.77. The Morgan fingerprint density at radius 3 is 2.95 bits per heavy atom. The van der Waals surface area contributed by atoms with E-state index in [2.05, 4.69) is 26.9 Å². The van der Waals surface area contributed by atoms with Crippen molar-refractivity contribution in [2.45, 2.75) is 0 Å². The number of carbonyl (C=O) groups excluding carboxylic acids is 2. The lowest BCUT2D eigenvalue weighted by Gasteiger charge is -2.02. The minimum Gasteiger partial charge on any atom is -0.364 e. The van der Waals surface area contributed by atoms with Crippen molar-refractivity contribution in [1.29, 1.82) is 0 Å². The molecule has 0 atom stereocenters. The van der Waals surface area contributed by atoms with E-state index in [0.29, 0.717) is 5.70 Å². The molecule has 0 unspecified atom stereocenters. The van der Waals surface area contributed by atoms with Crippen LogP contribution in [0.1, 0.15) is 10.5 Å². The summed E-state index contributed by atoms with van der Waals surface area (Å²) in [6.45, 7) is 0. The summed E-state index contributed by atoms with van der Waals surface area (Å²) in [5, 5.41) is 6.35. The van der Waals surface area contributed by atoms with Gasteiger partial charge in [0.25, 0.3) is 11.8 Å². The van der Waals surface area contributed by atoms with Crippen molar-refractivity contribution < 1.29 is 9.59 Å². The average molecular weight is 269 g/mol. The predicted octanol–water partition coefficient (Wildman–Crippen LogP) is 0.292. The number of nitrogens with one attached hydrogen (secondary N) is 1. The molecule has 1 aromatic rings. The fraction of sp³-hybridized carbons (Fsp3) is 0.0769. The maximum absolute atomic E-state index is 11.7. The van der Waals surface area contributed by atoms with Crippen LogP contribution in [0.25, 0.3) is 0 Å². The van der Waals surface area contributed by atoms with Gasteiger partial charge in [-0.05, 0) is 12.2 Å². The van der Waals surface area contributed by atoms with Gasteiger partial charge in [-0.15, -0.1) is 0 Å². The Labute approximate surface area is 114 Å². The number of primary amides is 1. The number of hydrogen-bond donors (Lipinski definition) is 2. The summed E-state index contributed by atoms with van der Waals surface area (Å²) in [7, 11) is 1.56. The second kappa shape index (κ2) is 5.67. The number of hydrogen-bond acceptors (Lipinski definition) is 4. The number of amides is 2. The smallest absolute Gasteiger partial charge is 0.269 e. The molecule has 0 saturated heterocycles.